The van der Waals surface area contributed by atoms with Gasteiger partial charge in [-0.05, 0) is 42.8 Å². The first kappa shape index (κ1) is 11.7. The molecule has 0 atom stereocenters. The van der Waals surface area contributed by atoms with Gasteiger partial charge in [-0.25, -0.2) is 4.39 Å². The highest BCUT2D eigenvalue weighted by molar-refractivity contribution is 5.68. The van der Waals surface area contributed by atoms with Crippen LogP contribution in [-0.2, 0) is 6.54 Å². The first-order chi connectivity index (χ1) is 8.22. The first-order valence-electron chi connectivity index (χ1n) is 5.56. The predicted octanol–water partition coefficient (Wildman–Crippen LogP) is 2.92. The van der Waals surface area contributed by atoms with Crippen LogP contribution in [0.2, 0.25) is 0 Å². The molecule has 1 heterocycles. The quantitative estimate of drug-likeness (QED) is 0.877. The van der Waals surface area contributed by atoms with Crippen LogP contribution in [0.25, 0.3) is 11.1 Å². The average molecular weight is 230 g/mol. The number of hydrogen-bond donors (Lipinski definition) is 1. The van der Waals surface area contributed by atoms with Gasteiger partial charge in [0.25, 0.3) is 0 Å². The van der Waals surface area contributed by atoms with Gasteiger partial charge in [-0.2, -0.15) is 0 Å². The van der Waals surface area contributed by atoms with Gasteiger partial charge in [0.05, 0.1) is 6.20 Å². The van der Waals surface area contributed by atoms with E-state index in [0.29, 0.717) is 5.56 Å². The maximum absolute atomic E-state index is 13.7. The van der Waals surface area contributed by atoms with Gasteiger partial charge in [0.15, 0.2) is 0 Å². The fraction of sp³-hybridized carbons (Fsp3) is 0.214. The van der Waals surface area contributed by atoms with E-state index in [0.717, 1.165) is 23.2 Å². The molecule has 0 spiro atoms. The largest absolute Gasteiger partial charge is 0.316 e. The van der Waals surface area contributed by atoms with Gasteiger partial charge >= 0.3 is 0 Å². The fourth-order valence-electron chi connectivity index (χ4n) is 1.87. The second-order valence-corrected chi connectivity index (χ2v) is 4.04. The van der Waals surface area contributed by atoms with Crippen molar-refractivity contribution in [1.82, 2.24) is 10.3 Å². The Morgan fingerprint density at radius 2 is 2.06 bits per heavy atom. The molecule has 3 heteroatoms. The summed E-state index contributed by atoms with van der Waals surface area (Å²) >= 11 is 0. The van der Waals surface area contributed by atoms with Crippen molar-refractivity contribution in [2.45, 2.75) is 13.5 Å². The molecular weight excluding hydrogens is 215 g/mol. The Labute approximate surface area is 101 Å². The number of benzene rings is 1. The van der Waals surface area contributed by atoms with Gasteiger partial charge < -0.3 is 5.32 Å². The lowest BCUT2D eigenvalue weighted by molar-refractivity contribution is 0.625. The number of aromatic nitrogens is 1. The van der Waals surface area contributed by atoms with E-state index < -0.39 is 0 Å². The van der Waals surface area contributed by atoms with Crippen LogP contribution >= 0.6 is 0 Å². The van der Waals surface area contributed by atoms with E-state index in [1.807, 2.05) is 26.1 Å². The van der Waals surface area contributed by atoms with Crippen LogP contribution in [0.5, 0.6) is 0 Å². The van der Waals surface area contributed by atoms with Gasteiger partial charge in [0, 0.05) is 18.3 Å². The Kier molecular flexibility index (Phi) is 3.49. The molecule has 0 saturated heterocycles. The predicted molar refractivity (Wildman–Crippen MR) is 67.1 cm³/mol. The normalized spacial score (nSPS) is 10.5. The minimum atomic E-state index is -0.280. The van der Waals surface area contributed by atoms with Gasteiger partial charge in [0.2, 0.25) is 0 Å². The molecule has 1 N–H and O–H groups in total. The monoisotopic (exact) mass is 230 g/mol. The SMILES string of the molecule is CNCc1ccc(C)c(-c2ccncc2F)c1. The zero-order valence-corrected chi connectivity index (χ0v) is 10.00. The van der Waals surface area contributed by atoms with E-state index >= 15 is 0 Å². The van der Waals surface area contributed by atoms with Gasteiger partial charge in [0.1, 0.15) is 5.82 Å². The molecule has 0 aliphatic heterocycles. The second kappa shape index (κ2) is 5.06. The third kappa shape index (κ3) is 2.50. The molecule has 88 valence electrons. The van der Waals surface area contributed by atoms with Crippen LogP contribution in [0.3, 0.4) is 0 Å². The summed E-state index contributed by atoms with van der Waals surface area (Å²) in [7, 11) is 1.90. The smallest absolute Gasteiger partial charge is 0.149 e. The summed E-state index contributed by atoms with van der Waals surface area (Å²) in [5, 5.41) is 3.09. The molecule has 0 amide bonds. The van der Waals surface area contributed by atoms with Gasteiger partial charge in [-0.1, -0.05) is 12.1 Å². The minimum absolute atomic E-state index is 0.280. The minimum Gasteiger partial charge on any atom is -0.316 e. The number of nitrogens with one attached hydrogen (secondary N) is 1. The molecule has 0 unspecified atom stereocenters. The van der Waals surface area contributed by atoms with E-state index in [1.165, 1.54) is 6.20 Å². The Hall–Kier alpha value is -1.74. The van der Waals surface area contributed by atoms with Gasteiger partial charge in [-0.15, -0.1) is 0 Å². The zero-order valence-electron chi connectivity index (χ0n) is 10.00. The molecule has 0 bridgehead atoms. The zero-order chi connectivity index (χ0) is 12.3. The lowest BCUT2D eigenvalue weighted by Gasteiger charge is -2.09. The van der Waals surface area contributed by atoms with E-state index in [9.17, 15) is 4.39 Å². The number of aryl methyl sites for hydroxylation is 1. The van der Waals surface area contributed by atoms with Crippen LogP contribution in [-0.4, -0.2) is 12.0 Å². The van der Waals surface area contributed by atoms with Crippen molar-refractivity contribution in [3.8, 4) is 11.1 Å². The summed E-state index contributed by atoms with van der Waals surface area (Å²) in [6, 6.07) is 7.79. The number of hydrogen-bond acceptors (Lipinski definition) is 2. The van der Waals surface area contributed by atoms with E-state index in [1.54, 1.807) is 12.3 Å². The van der Waals surface area contributed by atoms with Crippen LogP contribution in [0.15, 0.2) is 36.7 Å². The molecule has 0 fully saturated rings. The molecule has 1 aromatic carbocycles. The standard InChI is InChI=1S/C14H15FN2/c1-10-3-4-11(8-16-2)7-13(10)12-5-6-17-9-14(12)15/h3-7,9,16H,8H2,1-2H3. The molecule has 0 aliphatic rings. The van der Waals surface area contributed by atoms with Crippen LogP contribution in [0, 0.1) is 12.7 Å². The molecule has 0 radical (unpaired) electrons. The van der Waals surface area contributed by atoms with Crippen LogP contribution < -0.4 is 5.32 Å². The molecule has 2 aromatic rings. The summed E-state index contributed by atoms with van der Waals surface area (Å²) < 4.78 is 13.7. The van der Waals surface area contributed by atoms with Crippen LogP contribution in [0.4, 0.5) is 4.39 Å². The Balaban J connectivity index is 2.51. The van der Waals surface area contributed by atoms with Gasteiger partial charge in [-0.3, -0.25) is 4.98 Å². The molecule has 2 rings (SSSR count). The third-order valence-electron chi connectivity index (χ3n) is 2.75. The van der Waals surface area contributed by atoms with Crippen molar-refractivity contribution in [2.24, 2.45) is 0 Å². The van der Waals surface area contributed by atoms with Crippen molar-refractivity contribution >= 4 is 0 Å². The topological polar surface area (TPSA) is 24.9 Å². The van der Waals surface area contributed by atoms with E-state index in [2.05, 4.69) is 16.4 Å². The lowest BCUT2D eigenvalue weighted by Crippen LogP contribution is -2.05. The van der Waals surface area contributed by atoms with Crippen LogP contribution in [0.1, 0.15) is 11.1 Å². The van der Waals surface area contributed by atoms with E-state index in [-0.39, 0.29) is 5.82 Å². The van der Waals surface area contributed by atoms with Crippen molar-refractivity contribution in [1.29, 1.82) is 0 Å². The van der Waals surface area contributed by atoms with Crippen molar-refractivity contribution in [3.05, 3.63) is 53.6 Å². The molecule has 0 saturated carbocycles. The summed E-state index contributed by atoms with van der Waals surface area (Å²) in [5.41, 5.74) is 3.74. The molecule has 2 nitrogen and oxygen atoms in total. The molecule has 17 heavy (non-hydrogen) atoms. The average Bonchev–Trinajstić information content (AvgIpc) is 2.33. The maximum Gasteiger partial charge on any atom is 0.149 e. The number of halogens is 1. The summed E-state index contributed by atoms with van der Waals surface area (Å²) in [6.45, 7) is 2.76. The number of nitrogens with zero attached hydrogens (tertiary/aromatic N) is 1. The lowest BCUT2D eigenvalue weighted by atomic mass is 9.98. The Bertz CT molecular complexity index is 523. The number of pyridine rings is 1. The third-order valence-corrected chi connectivity index (χ3v) is 2.75. The highest BCUT2D eigenvalue weighted by atomic mass is 19.1. The molecule has 1 aromatic heterocycles. The maximum atomic E-state index is 13.7. The highest BCUT2D eigenvalue weighted by Crippen LogP contribution is 2.26. The number of rotatable bonds is 3. The first-order valence-corrected chi connectivity index (χ1v) is 5.56. The van der Waals surface area contributed by atoms with E-state index in [4.69, 9.17) is 0 Å². The second-order valence-electron chi connectivity index (χ2n) is 4.04. The molecular formula is C14H15FN2. The summed E-state index contributed by atoms with van der Waals surface area (Å²) in [4.78, 5) is 3.77. The summed E-state index contributed by atoms with van der Waals surface area (Å²) in [5.74, 6) is -0.280. The molecule has 0 aliphatic carbocycles. The fourth-order valence-corrected chi connectivity index (χ4v) is 1.87. The summed E-state index contributed by atoms with van der Waals surface area (Å²) in [6.07, 6.45) is 2.86. The van der Waals surface area contributed by atoms with Crippen molar-refractivity contribution in [2.75, 3.05) is 7.05 Å². The van der Waals surface area contributed by atoms with Crippen molar-refractivity contribution < 1.29 is 4.39 Å². The van der Waals surface area contributed by atoms with Crippen molar-refractivity contribution in [3.63, 3.8) is 0 Å². The Morgan fingerprint density at radius 1 is 1.24 bits per heavy atom. The highest BCUT2D eigenvalue weighted by Gasteiger charge is 2.08. The Morgan fingerprint density at radius 3 is 2.76 bits per heavy atom.